The van der Waals surface area contributed by atoms with Crippen molar-refractivity contribution in [1.29, 1.82) is 0 Å². The highest BCUT2D eigenvalue weighted by Gasteiger charge is 2.34. The fourth-order valence-electron chi connectivity index (χ4n) is 1.04. The Balaban J connectivity index is 2.48. The molecule has 0 unspecified atom stereocenters. The van der Waals surface area contributed by atoms with Crippen LogP contribution in [0.4, 0.5) is 0 Å². The first-order chi connectivity index (χ1) is 5.15. The summed E-state index contributed by atoms with van der Waals surface area (Å²) in [5, 5.41) is 35.5. The van der Waals surface area contributed by atoms with Gasteiger partial charge >= 0.3 is 0 Å². The van der Waals surface area contributed by atoms with E-state index in [1.807, 2.05) is 0 Å². The summed E-state index contributed by atoms with van der Waals surface area (Å²) in [6.07, 6.45) is -4.01. The van der Waals surface area contributed by atoms with Gasteiger partial charge in [-0.15, -0.1) is 0 Å². The molecule has 5 heteroatoms. The monoisotopic (exact) mass is 164 g/mol. The molecule has 1 aliphatic heterocycles. The predicted octanol–water partition coefficient (Wildman–Crippen LogP) is -2.19. The Morgan fingerprint density at radius 3 is 2.36 bits per heavy atom. The van der Waals surface area contributed by atoms with E-state index in [9.17, 15) is 0 Å². The molecule has 0 aromatic carbocycles. The topological polar surface area (TPSA) is 90.2 Å². The van der Waals surface area contributed by atoms with Crippen LogP contribution in [0.15, 0.2) is 0 Å². The molecule has 0 spiro atoms. The van der Waals surface area contributed by atoms with E-state index in [-0.39, 0.29) is 13.0 Å². The molecule has 0 aromatic rings. The van der Waals surface area contributed by atoms with Gasteiger partial charge in [-0.3, -0.25) is 0 Å². The smallest absolute Gasteiger partial charge is 0.181 e. The summed E-state index contributed by atoms with van der Waals surface area (Å²) in [4.78, 5) is 0. The molecular formula is C6H12O5. The van der Waals surface area contributed by atoms with Crippen molar-refractivity contribution in [3.63, 3.8) is 0 Å². The van der Waals surface area contributed by atoms with Gasteiger partial charge in [-0.05, 0) is 0 Å². The molecule has 0 aliphatic carbocycles. The summed E-state index contributed by atoms with van der Waals surface area (Å²) >= 11 is 0. The number of aliphatic hydroxyl groups excluding tert-OH is 4. The third-order valence-corrected chi connectivity index (χ3v) is 1.74. The molecule has 1 heterocycles. The summed E-state index contributed by atoms with van der Waals surface area (Å²) in [7, 11) is 0. The Hall–Kier alpha value is -0.200. The normalized spacial score (nSPS) is 45.8. The van der Waals surface area contributed by atoms with E-state index in [1.54, 1.807) is 0 Å². The second-order valence-electron chi connectivity index (χ2n) is 2.62. The maximum atomic E-state index is 9.10. The van der Waals surface area contributed by atoms with Crippen LogP contribution in [0.5, 0.6) is 0 Å². The van der Waals surface area contributed by atoms with Crippen molar-refractivity contribution in [3.05, 3.63) is 0 Å². The molecule has 4 N–H and O–H groups in total. The average Bonchev–Trinajstić information content (AvgIpc) is 1.97. The summed E-state index contributed by atoms with van der Waals surface area (Å²) in [5.74, 6) is 0. The van der Waals surface area contributed by atoms with Crippen molar-refractivity contribution in [2.45, 2.75) is 31.0 Å². The van der Waals surface area contributed by atoms with E-state index in [4.69, 9.17) is 20.4 Å². The van der Waals surface area contributed by atoms with Crippen LogP contribution in [0.1, 0.15) is 6.42 Å². The second-order valence-corrected chi connectivity index (χ2v) is 2.62. The van der Waals surface area contributed by atoms with Crippen LogP contribution in [-0.2, 0) is 4.74 Å². The van der Waals surface area contributed by atoms with Crippen LogP contribution in [-0.4, -0.2) is 51.6 Å². The third kappa shape index (κ3) is 1.88. The quantitative estimate of drug-likeness (QED) is 0.353. The highest BCUT2D eigenvalue weighted by Crippen LogP contribution is 2.18. The van der Waals surface area contributed by atoms with E-state index >= 15 is 0 Å². The number of hydrogen-bond acceptors (Lipinski definition) is 5. The molecule has 1 aliphatic rings. The van der Waals surface area contributed by atoms with E-state index in [2.05, 4.69) is 4.74 Å². The standard InChI is InChI=1S/C6H12O5/c7-2-5-3(8)1-4(9)6(10)11-5/h3-10H,1-2H2/t3-,4-,5-,6-/m1/s1. The van der Waals surface area contributed by atoms with E-state index in [1.165, 1.54) is 0 Å². The fraction of sp³-hybridized carbons (Fsp3) is 1.00. The van der Waals surface area contributed by atoms with Crippen LogP contribution in [0.2, 0.25) is 0 Å². The maximum Gasteiger partial charge on any atom is 0.181 e. The third-order valence-electron chi connectivity index (χ3n) is 1.74. The van der Waals surface area contributed by atoms with E-state index < -0.39 is 24.6 Å². The van der Waals surface area contributed by atoms with Crippen molar-refractivity contribution in [3.8, 4) is 0 Å². The molecule has 5 nitrogen and oxygen atoms in total. The van der Waals surface area contributed by atoms with Gasteiger partial charge in [0.25, 0.3) is 0 Å². The largest absolute Gasteiger partial charge is 0.394 e. The number of ether oxygens (including phenoxy) is 1. The first-order valence-electron chi connectivity index (χ1n) is 3.45. The van der Waals surface area contributed by atoms with Gasteiger partial charge in [-0.25, -0.2) is 0 Å². The van der Waals surface area contributed by atoms with Crippen molar-refractivity contribution < 1.29 is 25.2 Å². The molecule has 0 saturated carbocycles. The Morgan fingerprint density at radius 1 is 1.18 bits per heavy atom. The van der Waals surface area contributed by atoms with Crippen LogP contribution in [0.25, 0.3) is 0 Å². The minimum absolute atomic E-state index is 0.0341. The van der Waals surface area contributed by atoms with Crippen molar-refractivity contribution >= 4 is 0 Å². The molecule has 0 aromatic heterocycles. The van der Waals surface area contributed by atoms with Crippen molar-refractivity contribution in [2.24, 2.45) is 0 Å². The molecular weight excluding hydrogens is 152 g/mol. The van der Waals surface area contributed by atoms with Crippen molar-refractivity contribution in [2.75, 3.05) is 6.61 Å². The van der Waals surface area contributed by atoms with E-state index in [0.717, 1.165) is 0 Å². The second kappa shape index (κ2) is 3.46. The Labute approximate surface area is 63.8 Å². The van der Waals surface area contributed by atoms with Crippen LogP contribution in [0, 0.1) is 0 Å². The zero-order valence-electron chi connectivity index (χ0n) is 5.92. The van der Waals surface area contributed by atoms with Gasteiger partial charge in [-0.1, -0.05) is 0 Å². The summed E-state index contributed by atoms with van der Waals surface area (Å²) in [6.45, 7) is -0.356. The molecule has 11 heavy (non-hydrogen) atoms. The first kappa shape index (κ1) is 8.89. The molecule has 0 bridgehead atoms. The number of rotatable bonds is 1. The Kier molecular flexibility index (Phi) is 2.80. The lowest BCUT2D eigenvalue weighted by Gasteiger charge is -2.33. The van der Waals surface area contributed by atoms with Crippen LogP contribution in [0.3, 0.4) is 0 Å². The van der Waals surface area contributed by atoms with Gasteiger partial charge in [0, 0.05) is 6.42 Å². The summed E-state index contributed by atoms with van der Waals surface area (Å²) in [5.41, 5.74) is 0. The highest BCUT2D eigenvalue weighted by atomic mass is 16.6. The summed E-state index contributed by atoms with van der Waals surface area (Å²) < 4.78 is 4.67. The zero-order chi connectivity index (χ0) is 8.43. The maximum absolute atomic E-state index is 9.10. The molecule has 1 fully saturated rings. The Morgan fingerprint density at radius 2 is 1.82 bits per heavy atom. The summed E-state index contributed by atoms with van der Waals surface area (Å²) in [6, 6.07) is 0. The molecule has 66 valence electrons. The first-order valence-corrected chi connectivity index (χ1v) is 3.45. The van der Waals surface area contributed by atoms with Gasteiger partial charge < -0.3 is 25.2 Å². The van der Waals surface area contributed by atoms with Gasteiger partial charge in [0.05, 0.1) is 12.7 Å². The molecule has 0 radical (unpaired) electrons. The number of aliphatic hydroxyl groups is 4. The average molecular weight is 164 g/mol. The van der Waals surface area contributed by atoms with Crippen LogP contribution < -0.4 is 0 Å². The molecule has 0 amide bonds. The van der Waals surface area contributed by atoms with Gasteiger partial charge in [-0.2, -0.15) is 0 Å². The molecule has 1 rings (SSSR count). The van der Waals surface area contributed by atoms with Crippen LogP contribution >= 0.6 is 0 Å². The number of hydrogen-bond donors (Lipinski definition) is 4. The van der Waals surface area contributed by atoms with E-state index in [0.29, 0.717) is 0 Å². The lowest BCUT2D eigenvalue weighted by molar-refractivity contribution is -0.251. The highest BCUT2D eigenvalue weighted by molar-refractivity contribution is 4.79. The Bertz CT molecular complexity index is 128. The van der Waals surface area contributed by atoms with Gasteiger partial charge in [0.15, 0.2) is 6.29 Å². The minimum Gasteiger partial charge on any atom is -0.394 e. The minimum atomic E-state index is -1.30. The van der Waals surface area contributed by atoms with Gasteiger partial charge in [0.1, 0.15) is 12.2 Å². The van der Waals surface area contributed by atoms with Gasteiger partial charge in [0.2, 0.25) is 0 Å². The molecule has 1 saturated heterocycles. The lowest BCUT2D eigenvalue weighted by Crippen LogP contribution is -2.48. The fourth-order valence-corrected chi connectivity index (χ4v) is 1.04. The van der Waals surface area contributed by atoms with Crippen molar-refractivity contribution in [1.82, 2.24) is 0 Å². The zero-order valence-corrected chi connectivity index (χ0v) is 5.92. The predicted molar refractivity (Wildman–Crippen MR) is 34.6 cm³/mol. The molecule has 4 atom stereocenters. The SMILES string of the molecule is OC[C@H]1O[C@@H](O)[C@H](O)C[C@H]1O. The lowest BCUT2D eigenvalue weighted by atomic mass is 10.0.